The third-order valence-corrected chi connectivity index (χ3v) is 6.65. The normalized spacial score (nSPS) is 15.3. The molecule has 2 heterocycles. The first kappa shape index (κ1) is 16.2. The summed E-state index contributed by atoms with van der Waals surface area (Å²) in [5.41, 5.74) is 4.14. The predicted molar refractivity (Wildman–Crippen MR) is 97.3 cm³/mol. The zero-order valence-corrected chi connectivity index (χ0v) is 15.1. The number of ether oxygens (including phenoxy) is 1. The number of aromatic amines is 1. The van der Waals surface area contributed by atoms with Crippen molar-refractivity contribution in [1.29, 1.82) is 0 Å². The monoisotopic (exact) mass is 356 g/mol. The molecule has 0 atom stereocenters. The fraction of sp³-hybridized carbons (Fsp3) is 0.263. The summed E-state index contributed by atoms with van der Waals surface area (Å²) in [7, 11) is -2.12. The second kappa shape index (κ2) is 5.89. The van der Waals surface area contributed by atoms with Gasteiger partial charge in [-0.05, 0) is 42.7 Å². The topological polar surface area (TPSA) is 62.4 Å². The highest BCUT2D eigenvalue weighted by molar-refractivity contribution is 7.89. The predicted octanol–water partition coefficient (Wildman–Crippen LogP) is 3.23. The van der Waals surface area contributed by atoms with E-state index >= 15 is 0 Å². The van der Waals surface area contributed by atoms with E-state index in [9.17, 15) is 8.42 Å². The Morgan fingerprint density at radius 2 is 1.96 bits per heavy atom. The number of H-pyrrole nitrogens is 1. The van der Waals surface area contributed by atoms with Gasteiger partial charge < -0.3 is 9.72 Å². The van der Waals surface area contributed by atoms with Gasteiger partial charge in [0.05, 0.1) is 13.7 Å². The second-order valence-electron chi connectivity index (χ2n) is 6.37. The van der Waals surface area contributed by atoms with Crippen molar-refractivity contribution in [3.63, 3.8) is 0 Å². The number of fused-ring (bicyclic) bond motifs is 3. The summed E-state index contributed by atoms with van der Waals surface area (Å²) < 4.78 is 33.2. The van der Waals surface area contributed by atoms with Gasteiger partial charge in [-0.15, -0.1) is 0 Å². The lowest BCUT2D eigenvalue weighted by Crippen LogP contribution is -2.36. The Hall–Kier alpha value is -2.31. The summed E-state index contributed by atoms with van der Waals surface area (Å²) in [4.78, 5) is 3.60. The van der Waals surface area contributed by atoms with Gasteiger partial charge in [0.1, 0.15) is 10.6 Å². The number of nitrogens with zero attached hydrogens (tertiary/aromatic N) is 1. The van der Waals surface area contributed by atoms with Crippen molar-refractivity contribution in [2.45, 2.75) is 24.8 Å². The van der Waals surface area contributed by atoms with Gasteiger partial charge in [-0.2, -0.15) is 4.31 Å². The smallest absolute Gasteiger partial charge is 0.247 e. The molecule has 1 aliphatic heterocycles. The Morgan fingerprint density at radius 3 is 2.76 bits per heavy atom. The van der Waals surface area contributed by atoms with Crippen molar-refractivity contribution in [2.75, 3.05) is 13.7 Å². The van der Waals surface area contributed by atoms with E-state index in [1.807, 2.05) is 31.2 Å². The molecule has 4 rings (SSSR count). The van der Waals surface area contributed by atoms with Gasteiger partial charge in [-0.25, -0.2) is 8.42 Å². The minimum atomic E-state index is -3.62. The lowest BCUT2D eigenvalue weighted by molar-refractivity contribution is 0.376. The zero-order chi connectivity index (χ0) is 17.6. The number of methoxy groups -OCH3 is 1. The van der Waals surface area contributed by atoms with E-state index in [2.05, 4.69) is 11.1 Å². The molecule has 0 unspecified atom stereocenters. The van der Waals surface area contributed by atoms with Crippen LogP contribution < -0.4 is 4.74 Å². The van der Waals surface area contributed by atoms with E-state index < -0.39 is 10.0 Å². The molecule has 130 valence electrons. The van der Waals surface area contributed by atoms with Crippen LogP contribution in [0.25, 0.3) is 10.9 Å². The van der Waals surface area contributed by atoms with Crippen molar-refractivity contribution in [2.24, 2.45) is 0 Å². The molecule has 1 aliphatic rings. The lowest BCUT2D eigenvalue weighted by Gasteiger charge is -2.27. The number of sulfonamides is 1. The highest BCUT2D eigenvalue weighted by Gasteiger charge is 2.32. The van der Waals surface area contributed by atoms with Crippen molar-refractivity contribution in [1.82, 2.24) is 9.29 Å². The largest absolute Gasteiger partial charge is 0.495 e. The number of aromatic nitrogens is 1. The molecule has 0 aliphatic carbocycles. The van der Waals surface area contributed by atoms with E-state index in [1.54, 1.807) is 12.1 Å². The van der Waals surface area contributed by atoms with Crippen LogP contribution in [-0.4, -0.2) is 31.4 Å². The fourth-order valence-corrected chi connectivity index (χ4v) is 5.15. The summed E-state index contributed by atoms with van der Waals surface area (Å²) in [5, 5.41) is 1.18. The van der Waals surface area contributed by atoms with Gasteiger partial charge in [0, 0.05) is 23.1 Å². The minimum Gasteiger partial charge on any atom is -0.495 e. The van der Waals surface area contributed by atoms with Gasteiger partial charge in [0.25, 0.3) is 0 Å². The number of rotatable bonds is 3. The molecule has 25 heavy (non-hydrogen) atoms. The average Bonchev–Trinajstić information content (AvgIpc) is 2.99. The molecule has 0 saturated carbocycles. The van der Waals surface area contributed by atoms with Crippen LogP contribution in [0.4, 0.5) is 0 Å². The average molecular weight is 356 g/mol. The third-order valence-electron chi connectivity index (χ3n) is 4.78. The van der Waals surface area contributed by atoms with Crippen LogP contribution in [0.2, 0.25) is 0 Å². The van der Waals surface area contributed by atoms with E-state index in [0.29, 0.717) is 25.3 Å². The van der Waals surface area contributed by atoms with E-state index in [0.717, 1.165) is 16.8 Å². The third kappa shape index (κ3) is 2.62. The first-order valence-electron chi connectivity index (χ1n) is 8.24. The first-order chi connectivity index (χ1) is 12.0. The Labute approximate surface area is 147 Å². The number of hydrogen-bond donors (Lipinski definition) is 1. The SMILES string of the molecule is COc1ccc(C)cc1S(=O)(=O)N1CCc2c([nH]c3ccccc23)C1. The highest BCUT2D eigenvalue weighted by Crippen LogP contribution is 2.33. The maximum atomic E-state index is 13.2. The van der Waals surface area contributed by atoms with E-state index in [-0.39, 0.29) is 4.90 Å². The Morgan fingerprint density at radius 1 is 1.16 bits per heavy atom. The molecule has 0 saturated heterocycles. The summed E-state index contributed by atoms with van der Waals surface area (Å²) >= 11 is 0. The summed E-state index contributed by atoms with van der Waals surface area (Å²) in [5.74, 6) is 0.382. The molecule has 1 N–H and O–H groups in total. The number of aryl methyl sites for hydroxylation is 1. The van der Waals surface area contributed by atoms with Gasteiger partial charge in [0.15, 0.2) is 0 Å². The fourth-order valence-electron chi connectivity index (χ4n) is 3.50. The maximum absolute atomic E-state index is 13.2. The van der Waals surface area contributed by atoms with Crippen molar-refractivity contribution >= 4 is 20.9 Å². The maximum Gasteiger partial charge on any atom is 0.247 e. The molecule has 5 nitrogen and oxygen atoms in total. The molecule has 3 aromatic rings. The van der Waals surface area contributed by atoms with Crippen LogP contribution in [0.15, 0.2) is 47.4 Å². The van der Waals surface area contributed by atoms with Crippen LogP contribution in [0, 0.1) is 6.92 Å². The van der Waals surface area contributed by atoms with Crippen LogP contribution in [-0.2, 0) is 23.0 Å². The Bertz CT molecular complexity index is 1050. The van der Waals surface area contributed by atoms with Gasteiger partial charge in [-0.1, -0.05) is 24.3 Å². The van der Waals surface area contributed by atoms with Crippen molar-refractivity contribution in [3.05, 3.63) is 59.3 Å². The minimum absolute atomic E-state index is 0.231. The molecule has 0 fully saturated rings. The van der Waals surface area contributed by atoms with Gasteiger partial charge >= 0.3 is 0 Å². The van der Waals surface area contributed by atoms with Gasteiger partial charge in [-0.3, -0.25) is 0 Å². The van der Waals surface area contributed by atoms with Crippen LogP contribution in [0.1, 0.15) is 16.8 Å². The molecule has 2 aromatic carbocycles. The van der Waals surface area contributed by atoms with E-state index in [1.165, 1.54) is 22.4 Å². The standard InChI is InChI=1S/C19H20N2O3S/c1-13-7-8-18(24-2)19(11-13)25(22,23)21-10-9-15-14-5-3-4-6-16(14)20-17(15)12-21/h3-8,11,20H,9-10,12H2,1-2H3. The second-order valence-corrected chi connectivity index (χ2v) is 8.28. The lowest BCUT2D eigenvalue weighted by atomic mass is 10.1. The summed E-state index contributed by atoms with van der Waals surface area (Å²) in [6, 6.07) is 13.3. The molecule has 0 spiro atoms. The molecule has 6 heteroatoms. The van der Waals surface area contributed by atoms with E-state index in [4.69, 9.17) is 4.74 Å². The molecular formula is C19H20N2O3S. The first-order valence-corrected chi connectivity index (χ1v) is 9.68. The summed E-state index contributed by atoms with van der Waals surface area (Å²) in [6.07, 6.45) is 0.701. The quantitative estimate of drug-likeness (QED) is 0.784. The number of hydrogen-bond acceptors (Lipinski definition) is 3. The Kier molecular flexibility index (Phi) is 3.81. The molecule has 0 radical (unpaired) electrons. The van der Waals surface area contributed by atoms with Crippen LogP contribution >= 0.6 is 0 Å². The number of nitrogens with one attached hydrogen (secondary N) is 1. The summed E-state index contributed by atoms with van der Waals surface area (Å²) in [6.45, 7) is 2.70. The molecule has 0 amide bonds. The number of benzene rings is 2. The number of para-hydroxylation sites is 1. The van der Waals surface area contributed by atoms with Crippen LogP contribution in [0.5, 0.6) is 5.75 Å². The zero-order valence-electron chi connectivity index (χ0n) is 14.2. The molecule has 0 bridgehead atoms. The highest BCUT2D eigenvalue weighted by atomic mass is 32.2. The van der Waals surface area contributed by atoms with Gasteiger partial charge in [0.2, 0.25) is 10.0 Å². The van der Waals surface area contributed by atoms with Crippen LogP contribution in [0.3, 0.4) is 0 Å². The molecule has 1 aromatic heterocycles. The molecular weight excluding hydrogens is 336 g/mol. The Balaban J connectivity index is 1.75. The van der Waals surface area contributed by atoms with Crippen molar-refractivity contribution in [3.8, 4) is 5.75 Å². The van der Waals surface area contributed by atoms with Crippen molar-refractivity contribution < 1.29 is 13.2 Å².